The summed E-state index contributed by atoms with van der Waals surface area (Å²) in [4.78, 5) is 36.1. The lowest BCUT2D eigenvalue weighted by Crippen LogP contribution is -2.35. The molecule has 2 aliphatic heterocycles. The van der Waals surface area contributed by atoms with Crippen LogP contribution >= 0.6 is 0 Å². The number of carbonyl (C=O) groups is 2. The standard InChI is InChI=1S/C37H42FN7O3/c1-22-24(16-29(38)31-17-34(48-5)25(19-40-31)18-39-20-26-12-13-35(46)41-26)8-6-9-27(22)28-10-7-11-30(23(28)2)43-37(47)36-42-32-21-44(3)15-14-33(32)45(36)4/h6-11,16-17,19,26,39H,12-15,18,20-21H2,1-5H3,(H,41,46)(H,43,47)/b29-16-/t26-/m0/s1. The molecule has 10 nitrogen and oxygen atoms in total. The highest BCUT2D eigenvalue weighted by molar-refractivity contribution is 6.03. The van der Waals surface area contributed by atoms with Crippen LogP contribution in [-0.4, -0.2) is 64.5 Å². The number of imidazole rings is 1. The van der Waals surface area contributed by atoms with Gasteiger partial charge in [0.05, 0.1) is 12.8 Å². The number of likely N-dealkylation sites (N-methyl/N-ethyl adjacent to an activating group) is 1. The van der Waals surface area contributed by atoms with Gasteiger partial charge in [0, 0.05) is 81.3 Å². The predicted molar refractivity (Wildman–Crippen MR) is 185 cm³/mol. The normalized spacial score (nSPS) is 16.5. The van der Waals surface area contributed by atoms with E-state index in [0.717, 1.165) is 65.1 Å². The molecule has 2 amide bonds. The van der Waals surface area contributed by atoms with E-state index in [0.29, 0.717) is 42.3 Å². The SMILES string of the molecule is COc1cc(/C(F)=C/c2cccc(-c3cccc(NC(=O)c4nc5c(n4C)CCN(C)C5)c3C)c2C)ncc1CNC[C@@H]1CCC(=O)N1. The number of anilines is 1. The van der Waals surface area contributed by atoms with Gasteiger partial charge in [-0.1, -0.05) is 30.3 Å². The minimum absolute atomic E-state index is 0.0771. The number of nitrogens with zero attached hydrogens (tertiary/aromatic N) is 4. The van der Waals surface area contributed by atoms with Crippen LogP contribution in [0.1, 0.15) is 62.8 Å². The van der Waals surface area contributed by atoms with Gasteiger partial charge in [0.25, 0.3) is 5.91 Å². The van der Waals surface area contributed by atoms with Gasteiger partial charge in [-0.15, -0.1) is 0 Å². The summed E-state index contributed by atoms with van der Waals surface area (Å²) in [7, 11) is 5.51. The molecule has 6 rings (SSSR count). The van der Waals surface area contributed by atoms with Gasteiger partial charge in [-0.3, -0.25) is 14.6 Å². The number of benzene rings is 2. The Balaban J connectivity index is 1.19. The number of halogens is 1. The third kappa shape index (κ3) is 6.88. The van der Waals surface area contributed by atoms with Crippen LogP contribution in [0.4, 0.5) is 10.1 Å². The number of methoxy groups -OCH3 is 1. The smallest absolute Gasteiger partial charge is 0.291 e. The molecule has 1 saturated heterocycles. The lowest BCUT2D eigenvalue weighted by Gasteiger charge is -2.21. The molecule has 0 spiro atoms. The van der Waals surface area contributed by atoms with Crippen LogP contribution in [0.3, 0.4) is 0 Å². The monoisotopic (exact) mass is 651 g/mol. The highest BCUT2D eigenvalue weighted by Crippen LogP contribution is 2.34. The number of carbonyl (C=O) groups excluding carboxylic acids is 2. The molecule has 2 aromatic heterocycles. The Morgan fingerprint density at radius 3 is 2.65 bits per heavy atom. The lowest BCUT2D eigenvalue weighted by molar-refractivity contribution is -0.119. The minimum Gasteiger partial charge on any atom is -0.496 e. The third-order valence-electron chi connectivity index (χ3n) is 9.38. The first-order valence-corrected chi connectivity index (χ1v) is 16.3. The van der Waals surface area contributed by atoms with Crippen molar-refractivity contribution in [1.29, 1.82) is 0 Å². The lowest BCUT2D eigenvalue weighted by atomic mass is 9.92. The predicted octanol–water partition coefficient (Wildman–Crippen LogP) is 5.18. The van der Waals surface area contributed by atoms with Crippen LogP contribution in [0.2, 0.25) is 0 Å². The second-order valence-corrected chi connectivity index (χ2v) is 12.6. The molecule has 250 valence electrons. The Kier molecular flexibility index (Phi) is 9.70. The number of amides is 2. The summed E-state index contributed by atoms with van der Waals surface area (Å²) in [5, 5.41) is 9.34. The van der Waals surface area contributed by atoms with Crippen LogP contribution in [-0.2, 0) is 31.4 Å². The molecule has 1 atom stereocenters. The zero-order chi connectivity index (χ0) is 33.9. The average Bonchev–Trinajstić information content (AvgIpc) is 3.64. The number of hydrogen-bond acceptors (Lipinski definition) is 7. The van der Waals surface area contributed by atoms with E-state index >= 15 is 4.39 Å². The van der Waals surface area contributed by atoms with Crippen LogP contribution in [0.15, 0.2) is 48.7 Å². The molecule has 0 radical (unpaired) electrons. The van der Waals surface area contributed by atoms with Crippen molar-refractivity contribution in [3.8, 4) is 16.9 Å². The van der Waals surface area contributed by atoms with Gasteiger partial charge in [0.15, 0.2) is 5.82 Å². The van der Waals surface area contributed by atoms with Gasteiger partial charge in [-0.05, 0) is 67.3 Å². The fourth-order valence-corrected chi connectivity index (χ4v) is 6.55. The number of fused-ring (bicyclic) bond motifs is 1. The molecule has 0 aliphatic carbocycles. The first-order valence-electron chi connectivity index (χ1n) is 16.3. The van der Waals surface area contributed by atoms with Crippen molar-refractivity contribution in [1.82, 2.24) is 30.1 Å². The number of aromatic nitrogens is 3. The summed E-state index contributed by atoms with van der Waals surface area (Å²) in [5.41, 5.74) is 8.11. The second-order valence-electron chi connectivity index (χ2n) is 12.6. The Bertz CT molecular complexity index is 1900. The molecular formula is C37H42FN7O3. The van der Waals surface area contributed by atoms with Gasteiger partial charge >= 0.3 is 0 Å². The number of ether oxygens (including phenoxy) is 1. The maximum absolute atomic E-state index is 15.7. The maximum atomic E-state index is 15.7. The van der Waals surface area contributed by atoms with Gasteiger partial charge < -0.3 is 30.2 Å². The number of hydrogen-bond donors (Lipinski definition) is 3. The van der Waals surface area contributed by atoms with E-state index in [4.69, 9.17) is 4.74 Å². The van der Waals surface area contributed by atoms with Gasteiger partial charge in [0.2, 0.25) is 5.91 Å². The molecule has 11 heteroatoms. The van der Waals surface area contributed by atoms with Crippen LogP contribution < -0.4 is 20.7 Å². The molecule has 0 saturated carbocycles. The fraction of sp³-hybridized carbons (Fsp3) is 0.351. The molecule has 0 bridgehead atoms. The molecule has 2 aromatic carbocycles. The van der Waals surface area contributed by atoms with Crippen molar-refractivity contribution < 1.29 is 18.7 Å². The van der Waals surface area contributed by atoms with Crippen molar-refractivity contribution in [2.75, 3.05) is 32.6 Å². The Morgan fingerprint density at radius 1 is 1.12 bits per heavy atom. The van der Waals surface area contributed by atoms with E-state index < -0.39 is 5.83 Å². The van der Waals surface area contributed by atoms with E-state index in [-0.39, 0.29) is 23.6 Å². The van der Waals surface area contributed by atoms with Crippen LogP contribution in [0.5, 0.6) is 5.75 Å². The van der Waals surface area contributed by atoms with Gasteiger partial charge in [-0.25, -0.2) is 9.37 Å². The summed E-state index contributed by atoms with van der Waals surface area (Å²) in [6.07, 6.45) is 5.33. The van der Waals surface area contributed by atoms with Crippen molar-refractivity contribution in [3.05, 3.63) is 93.8 Å². The fourth-order valence-electron chi connectivity index (χ4n) is 6.55. The molecule has 4 aromatic rings. The Hall–Kier alpha value is -4.87. The van der Waals surface area contributed by atoms with Crippen molar-refractivity contribution >= 4 is 29.4 Å². The van der Waals surface area contributed by atoms with Crippen molar-refractivity contribution in [3.63, 3.8) is 0 Å². The zero-order valence-electron chi connectivity index (χ0n) is 28.1. The van der Waals surface area contributed by atoms with E-state index in [1.165, 1.54) is 6.08 Å². The Morgan fingerprint density at radius 2 is 1.90 bits per heavy atom. The average molecular weight is 652 g/mol. The first kappa shape index (κ1) is 33.0. The minimum atomic E-state index is -0.483. The summed E-state index contributed by atoms with van der Waals surface area (Å²) in [5.74, 6) is 0.269. The quantitative estimate of drug-likeness (QED) is 0.217. The second kappa shape index (κ2) is 14.1. The molecule has 48 heavy (non-hydrogen) atoms. The molecule has 2 aliphatic rings. The maximum Gasteiger partial charge on any atom is 0.291 e. The zero-order valence-corrected chi connectivity index (χ0v) is 28.1. The van der Waals surface area contributed by atoms with Crippen molar-refractivity contribution in [2.45, 2.75) is 52.2 Å². The molecule has 1 fully saturated rings. The van der Waals surface area contributed by atoms with E-state index in [1.54, 1.807) is 19.4 Å². The summed E-state index contributed by atoms with van der Waals surface area (Å²) in [6.45, 7) is 6.72. The highest BCUT2D eigenvalue weighted by atomic mass is 19.1. The van der Waals surface area contributed by atoms with Gasteiger partial charge in [-0.2, -0.15) is 0 Å². The van der Waals surface area contributed by atoms with Gasteiger partial charge in [0.1, 0.15) is 17.3 Å². The highest BCUT2D eigenvalue weighted by Gasteiger charge is 2.25. The Labute approximate surface area is 280 Å². The van der Waals surface area contributed by atoms with Crippen LogP contribution in [0.25, 0.3) is 23.0 Å². The molecule has 4 heterocycles. The van der Waals surface area contributed by atoms with E-state index in [9.17, 15) is 9.59 Å². The van der Waals surface area contributed by atoms with Crippen molar-refractivity contribution in [2.24, 2.45) is 7.05 Å². The molecular weight excluding hydrogens is 609 g/mol. The molecule has 3 N–H and O–H groups in total. The largest absolute Gasteiger partial charge is 0.496 e. The first-order chi connectivity index (χ1) is 23.1. The number of pyridine rings is 1. The summed E-state index contributed by atoms with van der Waals surface area (Å²) < 4.78 is 23.2. The molecule has 0 unspecified atom stereocenters. The summed E-state index contributed by atoms with van der Waals surface area (Å²) in [6, 6.07) is 13.3. The topological polar surface area (TPSA) is 113 Å². The van der Waals surface area contributed by atoms with E-state index in [2.05, 4.69) is 37.9 Å². The third-order valence-corrected chi connectivity index (χ3v) is 9.38. The summed E-state index contributed by atoms with van der Waals surface area (Å²) >= 11 is 0. The number of nitrogens with one attached hydrogen (secondary N) is 3. The number of rotatable bonds is 10. The van der Waals surface area contributed by atoms with E-state index in [1.807, 2.05) is 61.9 Å². The van der Waals surface area contributed by atoms with Crippen LogP contribution in [0, 0.1) is 13.8 Å².